The molecule has 3 N–H and O–H groups in total. The van der Waals surface area contributed by atoms with Crippen molar-refractivity contribution in [2.75, 3.05) is 12.4 Å². The van der Waals surface area contributed by atoms with E-state index in [2.05, 4.69) is 10.3 Å². The van der Waals surface area contributed by atoms with E-state index in [0.29, 0.717) is 22.5 Å². The number of rotatable bonds is 5. The summed E-state index contributed by atoms with van der Waals surface area (Å²) in [4.78, 5) is 29.3. The third-order valence-electron chi connectivity index (χ3n) is 5.87. The lowest BCUT2D eigenvalue weighted by atomic mass is 9.95. The van der Waals surface area contributed by atoms with Gasteiger partial charge in [-0.1, -0.05) is 24.3 Å². The van der Waals surface area contributed by atoms with Gasteiger partial charge in [-0.25, -0.2) is 4.39 Å². The van der Waals surface area contributed by atoms with Crippen molar-refractivity contribution in [2.24, 2.45) is 5.73 Å². The maximum Gasteiger partial charge on any atom is 0.256 e. The molecule has 0 atom stereocenters. The summed E-state index contributed by atoms with van der Waals surface area (Å²) < 4.78 is 18.5. The molecule has 0 saturated carbocycles. The Balaban J connectivity index is 1.58. The summed E-state index contributed by atoms with van der Waals surface area (Å²) in [5.74, 6) is -0.882. The average molecular weight is 465 g/mol. The van der Waals surface area contributed by atoms with Crippen molar-refractivity contribution in [3.05, 3.63) is 102 Å². The normalized spacial score (nSPS) is 10.9. The molecule has 2 amide bonds. The van der Waals surface area contributed by atoms with Gasteiger partial charge < -0.3 is 15.8 Å². The molecule has 172 valence electrons. The van der Waals surface area contributed by atoms with Crippen LogP contribution < -0.4 is 15.8 Å². The van der Waals surface area contributed by atoms with Crippen molar-refractivity contribution in [1.29, 1.82) is 0 Å². The van der Waals surface area contributed by atoms with Gasteiger partial charge in [0.25, 0.3) is 11.8 Å². The Kier molecular flexibility index (Phi) is 5.58. The molecule has 0 aliphatic heterocycles. The molecular formula is C28H20FN3O3. The predicted molar refractivity (Wildman–Crippen MR) is 134 cm³/mol. The van der Waals surface area contributed by atoms with Gasteiger partial charge in [0.1, 0.15) is 11.6 Å². The number of halogens is 1. The van der Waals surface area contributed by atoms with Crippen LogP contribution >= 0.6 is 0 Å². The number of pyridine rings is 1. The van der Waals surface area contributed by atoms with Crippen LogP contribution in [0.4, 0.5) is 10.1 Å². The number of fused-ring (bicyclic) bond motifs is 2. The second-order valence-corrected chi connectivity index (χ2v) is 7.99. The molecule has 0 aliphatic rings. The van der Waals surface area contributed by atoms with Crippen molar-refractivity contribution >= 4 is 39.2 Å². The number of methoxy groups -OCH3 is 1. The number of hydrogen-bond donors (Lipinski definition) is 2. The molecule has 4 aromatic carbocycles. The van der Waals surface area contributed by atoms with Crippen LogP contribution in [0.1, 0.15) is 20.7 Å². The van der Waals surface area contributed by atoms with Crippen LogP contribution in [0.5, 0.6) is 5.75 Å². The fourth-order valence-electron chi connectivity index (χ4n) is 4.17. The molecule has 0 spiro atoms. The first-order valence-corrected chi connectivity index (χ1v) is 10.8. The van der Waals surface area contributed by atoms with Gasteiger partial charge in [-0.15, -0.1) is 0 Å². The summed E-state index contributed by atoms with van der Waals surface area (Å²) in [6.45, 7) is 0. The number of nitrogens with zero attached hydrogens (tertiary/aromatic N) is 1. The molecule has 5 aromatic rings. The Morgan fingerprint density at radius 3 is 2.46 bits per heavy atom. The Morgan fingerprint density at radius 2 is 1.71 bits per heavy atom. The van der Waals surface area contributed by atoms with Gasteiger partial charge in [-0.3, -0.25) is 14.6 Å². The van der Waals surface area contributed by atoms with Crippen LogP contribution in [0.15, 0.2) is 85.1 Å². The maximum absolute atomic E-state index is 13.2. The first-order chi connectivity index (χ1) is 16.9. The monoisotopic (exact) mass is 465 g/mol. The lowest BCUT2D eigenvalue weighted by Crippen LogP contribution is -2.12. The molecular weight excluding hydrogens is 445 g/mol. The minimum Gasteiger partial charge on any atom is -0.496 e. The lowest BCUT2D eigenvalue weighted by molar-refractivity contribution is 0.0995. The van der Waals surface area contributed by atoms with Crippen molar-refractivity contribution < 1.29 is 18.7 Å². The lowest BCUT2D eigenvalue weighted by Gasteiger charge is -2.12. The molecule has 6 nitrogen and oxygen atoms in total. The highest BCUT2D eigenvalue weighted by Gasteiger charge is 2.15. The molecule has 0 bridgehead atoms. The van der Waals surface area contributed by atoms with E-state index in [4.69, 9.17) is 10.5 Å². The van der Waals surface area contributed by atoms with Gasteiger partial charge in [-0.05, 0) is 70.4 Å². The molecule has 1 heterocycles. The minimum absolute atomic E-state index is 0.273. The summed E-state index contributed by atoms with van der Waals surface area (Å²) in [6.07, 6.45) is 1.69. The van der Waals surface area contributed by atoms with Crippen molar-refractivity contribution in [1.82, 2.24) is 4.98 Å². The zero-order valence-electron chi connectivity index (χ0n) is 18.7. The number of primary amides is 1. The highest BCUT2D eigenvalue weighted by Crippen LogP contribution is 2.34. The van der Waals surface area contributed by atoms with Gasteiger partial charge in [-0.2, -0.15) is 0 Å². The smallest absolute Gasteiger partial charge is 0.256 e. The van der Waals surface area contributed by atoms with Gasteiger partial charge in [0.05, 0.1) is 18.2 Å². The number of carbonyl (C=O) groups excluding carboxylic acids is 2. The zero-order valence-corrected chi connectivity index (χ0v) is 18.7. The number of anilines is 1. The minimum atomic E-state index is -0.589. The number of aromatic nitrogens is 1. The summed E-state index contributed by atoms with van der Waals surface area (Å²) in [5, 5.41) is 5.20. The molecule has 35 heavy (non-hydrogen) atoms. The number of nitrogens with one attached hydrogen (secondary N) is 1. The Bertz CT molecular complexity index is 1610. The average Bonchev–Trinajstić information content (AvgIpc) is 2.88. The molecule has 0 radical (unpaired) electrons. The van der Waals surface area contributed by atoms with E-state index >= 15 is 0 Å². The van der Waals surface area contributed by atoms with Crippen LogP contribution in [0.25, 0.3) is 32.8 Å². The molecule has 0 unspecified atom stereocenters. The van der Waals surface area contributed by atoms with Crippen molar-refractivity contribution in [3.8, 4) is 16.9 Å². The second kappa shape index (κ2) is 8.87. The van der Waals surface area contributed by atoms with Crippen molar-refractivity contribution in [2.45, 2.75) is 0 Å². The van der Waals surface area contributed by atoms with E-state index in [0.717, 1.165) is 27.3 Å². The van der Waals surface area contributed by atoms with Gasteiger partial charge in [0.2, 0.25) is 0 Å². The summed E-state index contributed by atoms with van der Waals surface area (Å²) in [5.41, 5.74) is 9.25. The second-order valence-electron chi connectivity index (χ2n) is 7.99. The zero-order chi connectivity index (χ0) is 24.5. The quantitative estimate of drug-likeness (QED) is 0.356. The molecule has 1 aromatic heterocycles. The van der Waals surface area contributed by atoms with Gasteiger partial charge in [0.15, 0.2) is 0 Å². The third-order valence-corrected chi connectivity index (χ3v) is 5.87. The van der Waals surface area contributed by atoms with Crippen LogP contribution in [0.3, 0.4) is 0 Å². The number of amides is 2. The van der Waals surface area contributed by atoms with E-state index in [1.807, 2.05) is 36.4 Å². The number of ether oxygens (including phenoxy) is 1. The summed E-state index contributed by atoms with van der Waals surface area (Å²) >= 11 is 0. The summed E-state index contributed by atoms with van der Waals surface area (Å²) in [6, 6.07) is 22.1. The van der Waals surface area contributed by atoms with Crippen LogP contribution in [0.2, 0.25) is 0 Å². The molecule has 7 heteroatoms. The van der Waals surface area contributed by atoms with Crippen molar-refractivity contribution in [3.63, 3.8) is 0 Å². The molecule has 0 aliphatic carbocycles. The first kappa shape index (κ1) is 22.0. The topological polar surface area (TPSA) is 94.3 Å². The fourth-order valence-corrected chi connectivity index (χ4v) is 4.17. The van der Waals surface area contributed by atoms with E-state index in [-0.39, 0.29) is 17.3 Å². The van der Waals surface area contributed by atoms with Crippen LogP contribution in [-0.2, 0) is 0 Å². The molecule has 5 rings (SSSR count). The standard InChI is InChI=1S/C28H20FN3O3/c1-35-26-15-25-23(14-24(26)27(30)33)21(11-12-31-25)17-5-10-20-16(13-17)3-2-4-22(20)28(34)32-19-8-6-18(29)7-9-19/h2-15H,1H3,(H2,30,33)(H,32,34). The number of nitrogens with two attached hydrogens (primary N) is 1. The largest absolute Gasteiger partial charge is 0.496 e. The Hall–Kier alpha value is -4.78. The van der Waals surface area contributed by atoms with Crippen LogP contribution in [-0.4, -0.2) is 23.9 Å². The van der Waals surface area contributed by atoms with E-state index in [1.165, 1.54) is 31.4 Å². The Morgan fingerprint density at radius 1 is 0.914 bits per heavy atom. The molecule has 0 saturated heterocycles. The van der Waals surface area contributed by atoms with Crippen LogP contribution in [0, 0.1) is 5.82 Å². The highest BCUT2D eigenvalue weighted by molar-refractivity contribution is 6.13. The number of benzene rings is 4. The molecule has 0 fully saturated rings. The van der Waals surface area contributed by atoms with Gasteiger partial charge in [0, 0.05) is 28.9 Å². The first-order valence-electron chi connectivity index (χ1n) is 10.8. The number of carbonyl (C=O) groups is 2. The van der Waals surface area contributed by atoms with E-state index < -0.39 is 5.91 Å². The predicted octanol–water partition coefficient (Wildman–Crippen LogP) is 5.55. The Labute approximate surface area is 200 Å². The van der Waals surface area contributed by atoms with Gasteiger partial charge >= 0.3 is 0 Å². The number of hydrogen-bond acceptors (Lipinski definition) is 4. The fraction of sp³-hybridized carbons (Fsp3) is 0.0357. The maximum atomic E-state index is 13.2. The SMILES string of the molecule is COc1cc2nccc(-c3ccc4c(C(=O)Nc5ccc(F)cc5)cccc4c3)c2cc1C(N)=O. The summed E-state index contributed by atoms with van der Waals surface area (Å²) in [7, 11) is 1.48. The van der Waals surface area contributed by atoms with E-state index in [1.54, 1.807) is 24.4 Å². The highest BCUT2D eigenvalue weighted by atomic mass is 19.1. The van der Waals surface area contributed by atoms with E-state index in [9.17, 15) is 14.0 Å². The third kappa shape index (κ3) is 4.15.